The fourth-order valence-electron chi connectivity index (χ4n) is 5.49. The number of aliphatic hydroxyl groups excluding tert-OH is 2. The third kappa shape index (κ3) is 5.77. The van der Waals surface area contributed by atoms with Gasteiger partial charge in [-0.2, -0.15) is 4.31 Å². The van der Waals surface area contributed by atoms with E-state index in [1.807, 2.05) is 20.8 Å². The van der Waals surface area contributed by atoms with Gasteiger partial charge in [-0.05, 0) is 63.1 Å². The van der Waals surface area contributed by atoms with E-state index in [0.29, 0.717) is 85.9 Å². The lowest BCUT2D eigenvalue weighted by Gasteiger charge is -2.31. The molecule has 3 heterocycles. The van der Waals surface area contributed by atoms with E-state index in [0.717, 1.165) is 18.4 Å². The number of nitrogens with one attached hydrogen (secondary N) is 1. The lowest BCUT2D eigenvalue weighted by molar-refractivity contribution is 0.208. The summed E-state index contributed by atoms with van der Waals surface area (Å²) in [5, 5.41) is 19.3. The average molecular weight is 561 g/mol. The van der Waals surface area contributed by atoms with Crippen molar-refractivity contribution in [2.75, 3.05) is 26.3 Å². The second kappa shape index (κ2) is 12.6. The maximum absolute atomic E-state index is 13.6. The Morgan fingerprint density at radius 3 is 2.49 bits per heavy atom. The van der Waals surface area contributed by atoms with Gasteiger partial charge in [0.25, 0.3) is 5.56 Å². The molecule has 0 aliphatic carbocycles. The molecule has 2 aromatic heterocycles. The molecule has 214 valence electrons. The number of nitrogens with zero attached hydrogens (tertiary/aromatic N) is 3. The molecule has 39 heavy (non-hydrogen) atoms. The van der Waals surface area contributed by atoms with E-state index in [2.05, 4.69) is 4.98 Å². The minimum atomic E-state index is -3.79. The van der Waals surface area contributed by atoms with Crippen LogP contribution in [0.15, 0.2) is 27.9 Å². The number of hydrogen-bond acceptors (Lipinski definition) is 7. The third-order valence-electron chi connectivity index (χ3n) is 7.51. The molecular weight excluding hydrogens is 520 g/mol. The van der Waals surface area contributed by atoms with Gasteiger partial charge in [0.2, 0.25) is 10.0 Å². The molecule has 1 aliphatic heterocycles. The number of aromatic amines is 1. The molecule has 0 spiro atoms. The number of aryl methyl sites for hydroxylation is 2. The molecule has 0 bridgehead atoms. The summed E-state index contributed by atoms with van der Waals surface area (Å²) in [5.41, 5.74) is 2.47. The maximum Gasteiger partial charge on any atom is 0.275 e. The lowest BCUT2D eigenvalue weighted by atomic mass is 9.95. The zero-order chi connectivity index (χ0) is 28.2. The van der Waals surface area contributed by atoms with Crippen LogP contribution in [0.4, 0.5) is 0 Å². The number of piperidine rings is 1. The Morgan fingerprint density at radius 2 is 1.87 bits per heavy atom. The van der Waals surface area contributed by atoms with Gasteiger partial charge in [-0.1, -0.05) is 20.3 Å². The summed E-state index contributed by atoms with van der Waals surface area (Å²) < 4.78 is 36.5. The minimum Gasteiger partial charge on any atom is -0.493 e. The van der Waals surface area contributed by atoms with Crippen molar-refractivity contribution in [1.82, 2.24) is 18.8 Å². The fourth-order valence-corrected chi connectivity index (χ4v) is 6.99. The van der Waals surface area contributed by atoms with Crippen molar-refractivity contribution in [3.8, 4) is 17.1 Å². The van der Waals surface area contributed by atoms with E-state index < -0.39 is 10.0 Å². The number of sulfonamides is 1. The summed E-state index contributed by atoms with van der Waals surface area (Å²) in [5.74, 6) is 0.987. The monoisotopic (exact) mass is 560 g/mol. The van der Waals surface area contributed by atoms with Crippen LogP contribution in [0.5, 0.6) is 5.75 Å². The Hall–Kier alpha value is -2.73. The molecule has 4 rings (SSSR count). The molecule has 0 radical (unpaired) electrons. The van der Waals surface area contributed by atoms with Gasteiger partial charge in [0.1, 0.15) is 17.1 Å². The fraction of sp³-hybridized carbons (Fsp3) is 0.571. The molecular formula is C28H40N4O6S. The molecule has 1 saturated heterocycles. The van der Waals surface area contributed by atoms with E-state index in [9.17, 15) is 23.4 Å². The topological polar surface area (TPSA) is 138 Å². The molecule has 11 heteroatoms. The van der Waals surface area contributed by atoms with Crippen LogP contribution in [0.25, 0.3) is 22.4 Å². The van der Waals surface area contributed by atoms with Crippen molar-refractivity contribution in [2.24, 2.45) is 5.92 Å². The molecule has 0 atom stereocenters. The zero-order valence-electron chi connectivity index (χ0n) is 23.1. The maximum atomic E-state index is 13.6. The van der Waals surface area contributed by atoms with Crippen LogP contribution in [-0.4, -0.2) is 63.8 Å². The van der Waals surface area contributed by atoms with E-state index in [1.54, 1.807) is 16.7 Å². The van der Waals surface area contributed by atoms with Gasteiger partial charge in [-0.3, -0.25) is 4.79 Å². The quantitative estimate of drug-likeness (QED) is 0.309. The predicted octanol–water partition coefficient (Wildman–Crippen LogP) is 3.43. The van der Waals surface area contributed by atoms with Crippen LogP contribution in [-0.2, 0) is 29.6 Å². The van der Waals surface area contributed by atoms with E-state index >= 15 is 0 Å². The highest BCUT2D eigenvalue weighted by Crippen LogP contribution is 2.34. The number of aromatic nitrogens is 3. The first-order valence-electron chi connectivity index (χ1n) is 13.9. The highest BCUT2D eigenvalue weighted by atomic mass is 32.2. The lowest BCUT2D eigenvalue weighted by Crippen LogP contribution is -2.38. The highest BCUT2D eigenvalue weighted by molar-refractivity contribution is 7.89. The number of ether oxygens (including phenoxy) is 1. The van der Waals surface area contributed by atoms with Crippen molar-refractivity contribution >= 4 is 21.1 Å². The number of benzene rings is 1. The van der Waals surface area contributed by atoms with Gasteiger partial charge >= 0.3 is 0 Å². The van der Waals surface area contributed by atoms with Crippen LogP contribution in [0.3, 0.4) is 0 Å². The first-order valence-corrected chi connectivity index (χ1v) is 15.4. The zero-order valence-corrected chi connectivity index (χ0v) is 23.9. The van der Waals surface area contributed by atoms with E-state index in [1.165, 1.54) is 10.4 Å². The third-order valence-corrected chi connectivity index (χ3v) is 9.40. The predicted molar refractivity (Wildman–Crippen MR) is 150 cm³/mol. The molecule has 3 N–H and O–H groups in total. The van der Waals surface area contributed by atoms with Crippen molar-refractivity contribution in [2.45, 2.75) is 77.3 Å². The largest absolute Gasteiger partial charge is 0.493 e. The van der Waals surface area contributed by atoms with E-state index in [4.69, 9.17) is 9.72 Å². The number of fused-ring (bicyclic) bond motifs is 1. The Labute approximate surface area is 229 Å². The summed E-state index contributed by atoms with van der Waals surface area (Å²) in [6.45, 7) is 7.55. The Bertz CT molecular complexity index is 1450. The first-order chi connectivity index (χ1) is 18.8. The second-order valence-corrected chi connectivity index (χ2v) is 12.0. The van der Waals surface area contributed by atoms with Crippen molar-refractivity contribution in [3.05, 3.63) is 39.8 Å². The van der Waals surface area contributed by atoms with Gasteiger partial charge in [-0.25, -0.2) is 13.4 Å². The first kappa shape index (κ1) is 29.3. The molecule has 0 saturated carbocycles. The number of hydrogen-bond donors (Lipinski definition) is 3. The molecule has 1 aromatic carbocycles. The molecule has 10 nitrogen and oxygen atoms in total. The molecule has 0 amide bonds. The van der Waals surface area contributed by atoms with Crippen LogP contribution in [0.1, 0.15) is 64.1 Å². The van der Waals surface area contributed by atoms with Crippen LogP contribution in [0, 0.1) is 5.92 Å². The Kier molecular flexibility index (Phi) is 9.47. The molecule has 0 unspecified atom stereocenters. The highest BCUT2D eigenvalue weighted by Gasteiger charge is 2.30. The van der Waals surface area contributed by atoms with Crippen molar-refractivity contribution in [3.63, 3.8) is 0 Å². The van der Waals surface area contributed by atoms with E-state index in [-0.39, 0.29) is 29.5 Å². The van der Waals surface area contributed by atoms with Gasteiger partial charge < -0.3 is 24.5 Å². The number of rotatable bonds is 12. The SMILES string of the molecule is CCCOc1ccc(S(=O)(=O)N2CCC(CCO)CC2)cc1-c1nc2c(CCC)c(CO)n(CC)c2c(=O)[nH]1. The van der Waals surface area contributed by atoms with Crippen LogP contribution < -0.4 is 10.3 Å². The second-order valence-electron chi connectivity index (χ2n) is 10.1. The molecule has 1 fully saturated rings. The van der Waals surface area contributed by atoms with Gasteiger partial charge in [0.15, 0.2) is 0 Å². The summed E-state index contributed by atoms with van der Waals surface area (Å²) in [6.07, 6.45) is 4.31. The summed E-state index contributed by atoms with van der Waals surface area (Å²) in [4.78, 5) is 21.2. The summed E-state index contributed by atoms with van der Waals surface area (Å²) in [6, 6.07) is 4.71. The minimum absolute atomic E-state index is 0.108. The smallest absolute Gasteiger partial charge is 0.275 e. The van der Waals surface area contributed by atoms with Crippen molar-refractivity contribution < 1.29 is 23.4 Å². The number of H-pyrrole nitrogens is 1. The standard InChI is InChI=1S/C28H40N4O6S/c1-4-7-21-23(18-34)32(6-3)26-25(21)29-27(30-28(26)35)22-17-20(8-9-24(22)38-16-5-2)39(36,37)31-13-10-19(11-14-31)12-15-33/h8-9,17,19,33-34H,4-7,10-16,18H2,1-3H3,(H,29,30,35). The molecule has 3 aromatic rings. The Balaban J connectivity index is 1.84. The van der Waals surface area contributed by atoms with Crippen LogP contribution >= 0.6 is 0 Å². The van der Waals surface area contributed by atoms with Crippen LogP contribution in [0.2, 0.25) is 0 Å². The van der Waals surface area contributed by atoms with Gasteiger partial charge in [0.05, 0.1) is 29.2 Å². The normalized spacial score (nSPS) is 15.3. The average Bonchev–Trinajstić information content (AvgIpc) is 3.25. The Morgan fingerprint density at radius 1 is 1.13 bits per heavy atom. The van der Waals surface area contributed by atoms with Gasteiger partial charge in [0, 0.05) is 37.5 Å². The summed E-state index contributed by atoms with van der Waals surface area (Å²) >= 11 is 0. The number of aliphatic hydroxyl groups is 2. The molecule has 1 aliphatic rings. The van der Waals surface area contributed by atoms with Gasteiger partial charge in [-0.15, -0.1) is 0 Å². The summed E-state index contributed by atoms with van der Waals surface area (Å²) in [7, 11) is -3.79. The van der Waals surface area contributed by atoms with Crippen molar-refractivity contribution in [1.29, 1.82) is 0 Å².